The second-order valence-electron chi connectivity index (χ2n) is 4.91. The van der Waals surface area contributed by atoms with E-state index in [0.29, 0.717) is 0 Å². The number of rotatable bonds is 2. The van der Waals surface area contributed by atoms with Gasteiger partial charge in [-0.15, -0.1) is 0 Å². The molecule has 1 saturated heterocycles. The summed E-state index contributed by atoms with van der Waals surface area (Å²) < 4.78 is 0. The van der Waals surface area contributed by atoms with E-state index in [-0.39, 0.29) is 0 Å². The molecule has 1 aliphatic rings. The molecule has 0 aromatic heterocycles. The van der Waals surface area contributed by atoms with Crippen molar-refractivity contribution < 1.29 is 4.79 Å². The van der Waals surface area contributed by atoms with Crippen LogP contribution in [0.4, 0.5) is 5.69 Å². The van der Waals surface area contributed by atoms with Gasteiger partial charge in [0.05, 0.1) is 0 Å². The molecule has 1 aliphatic heterocycles. The lowest BCUT2D eigenvalue weighted by Crippen LogP contribution is -2.27. The molecule has 2 nitrogen and oxygen atoms in total. The fraction of sp³-hybridized carbons (Fsp3) is 0.533. The molecular formula is C15H21NO. The Balaban J connectivity index is 2.14. The van der Waals surface area contributed by atoms with Gasteiger partial charge in [0.15, 0.2) is 0 Å². The minimum Gasteiger partial charge on any atom is -0.372 e. The summed E-state index contributed by atoms with van der Waals surface area (Å²) in [5.74, 6) is 0. The first-order valence-corrected chi connectivity index (χ1v) is 6.62. The average molecular weight is 231 g/mol. The molecule has 0 spiro atoms. The van der Waals surface area contributed by atoms with Gasteiger partial charge in [0.2, 0.25) is 0 Å². The van der Waals surface area contributed by atoms with Crippen molar-refractivity contribution >= 4 is 12.0 Å². The first kappa shape index (κ1) is 12.2. The normalized spacial score (nSPS) is 17.4. The first-order valence-electron chi connectivity index (χ1n) is 6.62. The number of nitrogens with zero attached hydrogens (tertiary/aromatic N) is 1. The van der Waals surface area contributed by atoms with Crippen molar-refractivity contribution in [3.8, 4) is 0 Å². The largest absolute Gasteiger partial charge is 0.372 e. The third-order valence-corrected chi connectivity index (χ3v) is 3.60. The van der Waals surface area contributed by atoms with E-state index in [1.54, 1.807) is 0 Å². The van der Waals surface area contributed by atoms with Gasteiger partial charge in [-0.2, -0.15) is 0 Å². The molecular weight excluding hydrogens is 210 g/mol. The first-order chi connectivity index (χ1) is 8.31. The molecule has 92 valence electrons. The predicted octanol–water partition coefficient (Wildman–Crippen LogP) is 3.58. The van der Waals surface area contributed by atoms with E-state index in [9.17, 15) is 4.79 Å². The molecule has 0 amide bonds. The lowest BCUT2D eigenvalue weighted by Gasteiger charge is -2.27. The fourth-order valence-electron chi connectivity index (χ4n) is 2.49. The molecule has 0 atom stereocenters. The van der Waals surface area contributed by atoms with E-state index in [2.05, 4.69) is 17.0 Å². The maximum absolute atomic E-state index is 10.8. The van der Waals surface area contributed by atoms with Crippen LogP contribution in [-0.4, -0.2) is 19.4 Å². The number of anilines is 1. The highest BCUT2D eigenvalue weighted by Crippen LogP contribution is 2.21. The van der Waals surface area contributed by atoms with Crippen molar-refractivity contribution in [3.05, 3.63) is 29.3 Å². The zero-order chi connectivity index (χ0) is 12.1. The van der Waals surface area contributed by atoms with E-state index < -0.39 is 0 Å². The summed E-state index contributed by atoms with van der Waals surface area (Å²) >= 11 is 0. The van der Waals surface area contributed by atoms with Gasteiger partial charge in [-0.25, -0.2) is 0 Å². The molecule has 0 radical (unpaired) electrons. The Kier molecular flexibility index (Phi) is 4.18. The van der Waals surface area contributed by atoms with Crippen molar-refractivity contribution in [2.45, 2.75) is 39.0 Å². The summed E-state index contributed by atoms with van der Waals surface area (Å²) in [6, 6.07) is 6.17. The monoisotopic (exact) mass is 231 g/mol. The van der Waals surface area contributed by atoms with Gasteiger partial charge in [0.25, 0.3) is 0 Å². The van der Waals surface area contributed by atoms with Crippen LogP contribution in [-0.2, 0) is 0 Å². The number of hydrogen-bond acceptors (Lipinski definition) is 2. The lowest BCUT2D eigenvalue weighted by molar-refractivity contribution is 0.112. The quantitative estimate of drug-likeness (QED) is 0.725. The van der Waals surface area contributed by atoms with Crippen LogP contribution in [0.25, 0.3) is 0 Å². The molecule has 1 fully saturated rings. The maximum Gasteiger partial charge on any atom is 0.150 e. The van der Waals surface area contributed by atoms with Gasteiger partial charge in [0.1, 0.15) is 6.29 Å². The molecule has 2 heteroatoms. The molecule has 0 N–H and O–H groups in total. The van der Waals surface area contributed by atoms with Gasteiger partial charge in [-0.05, 0) is 43.5 Å². The third kappa shape index (κ3) is 3.09. The van der Waals surface area contributed by atoms with Gasteiger partial charge in [0, 0.05) is 24.3 Å². The number of carbonyl (C=O) groups excluding carboxylic acids is 1. The standard InChI is InChI=1S/C15H21NO/c1-13-11-15(8-7-14(13)12-17)16-9-5-3-2-4-6-10-16/h7-8,11-12H,2-6,9-10H2,1H3. The highest BCUT2D eigenvalue weighted by molar-refractivity contribution is 5.78. The van der Waals surface area contributed by atoms with Crippen molar-refractivity contribution in [3.63, 3.8) is 0 Å². The molecule has 0 aliphatic carbocycles. The number of aldehydes is 1. The second kappa shape index (κ2) is 5.85. The van der Waals surface area contributed by atoms with E-state index in [1.165, 1.54) is 37.8 Å². The van der Waals surface area contributed by atoms with Crippen LogP contribution in [0.1, 0.15) is 48.0 Å². The van der Waals surface area contributed by atoms with Crippen LogP contribution >= 0.6 is 0 Å². The van der Waals surface area contributed by atoms with Crippen LogP contribution in [0, 0.1) is 6.92 Å². The third-order valence-electron chi connectivity index (χ3n) is 3.60. The molecule has 1 heterocycles. The van der Waals surface area contributed by atoms with Gasteiger partial charge < -0.3 is 4.90 Å². The van der Waals surface area contributed by atoms with Crippen molar-refractivity contribution in [2.24, 2.45) is 0 Å². The predicted molar refractivity (Wildman–Crippen MR) is 71.9 cm³/mol. The smallest absolute Gasteiger partial charge is 0.150 e. The minimum absolute atomic E-state index is 0.806. The van der Waals surface area contributed by atoms with Crippen LogP contribution in [0.2, 0.25) is 0 Å². The molecule has 2 rings (SSSR count). The Morgan fingerprint density at radius 2 is 1.71 bits per heavy atom. The summed E-state index contributed by atoms with van der Waals surface area (Å²) in [4.78, 5) is 13.3. The summed E-state index contributed by atoms with van der Waals surface area (Å²) in [6.07, 6.45) is 7.59. The van der Waals surface area contributed by atoms with Crippen LogP contribution in [0.3, 0.4) is 0 Å². The lowest BCUT2D eigenvalue weighted by atomic mass is 10.1. The Morgan fingerprint density at radius 1 is 1.06 bits per heavy atom. The molecule has 17 heavy (non-hydrogen) atoms. The number of carbonyl (C=O) groups is 1. The summed E-state index contributed by atoms with van der Waals surface area (Å²) in [5.41, 5.74) is 3.16. The Labute approximate surface area is 104 Å². The van der Waals surface area contributed by atoms with Crippen molar-refractivity contribution in [1.29, 1.82) is 0 Å². The molecule has 0 bridgehead atoms. The fourth-order valence-corrected chi connectivity index (χ4v) is 2.49. The number of hydrogen-bond donors (Lipinski definition) is 0. The zero-order valence-electron chi connectivity index (χ0n) is 10.6. The highest BCUT2D eigenvalue weighted by Gasteiger charge is 2.09. The molecule has 1 aromatic rings. The summed E-state index contributed by atoms with van der Waals surface area (Å²) in [6.45, 7) is 4.32. The van der Waals surface area contributed by atoms with Gasteiger partial charge >= 0.3 is 0 Å². The zero-order valence-corrected chi connectivity index (χ0v) is 10.6. The van der Waals surface area contributed by atoms with E-state index >= 15 is 0 Å². The van der Waals surface area contributed by atoms with E-state index in [0.717, 1.165) is 30.5 Å². The Bertz CT molecular complexity index is 379. The van der Waals surface area contributed by atoms with Crippen LogP contribution in [0.15, 0.2) is 18.2 Å². The van der Waals surface area contributed by atoms with Gasteiger partial charge in [-0.3, -0.25) is 4.79 Å². The molecule has 0 saturated carbocycles. The minimum atomic E-state index is 0.806. The maximum atomic E-state index is 10.8. The van der Waals surface area contributed by atoms with E-state index in [1.807, 2.05) is 13.0 Å². The van der Waals surface area contributed by atoms with Crippen molar-refractivity contribution in [2.75, 3.05) is 18.0 Å². The topological polar surface area (TPSA) is 20.3 Å². The molecule has 0 unspecified atom stereocenters. The Morgan fingerprint density at radius 3 is 2.29 bits per heavy atom. The van der Waals surface area contributed by atoms with Gasteiger partial charge in [-0.1, -0.05) is 19.3 Å². The summed E-state index contributed by atoms with van der Waals surface area (Å²) in [7, 11) is 0. The number of benzene rings is 1. The van der Waals surface area contributed by atoms with Crippen molar-refractivity contribution in [1.82, 2.24) is 0 Å². The van der Waals surface area contributed by atoms with E-state index in [4.69, 9.17) is 0 Å². The average Bonchev–Trinajstić information content (AvgIpc) is 2.28. The highest BCUT2D eigenvalue weighted by atomic mass is 16.1. The Hall–Kier alpha value is -1.31. The van der Waals surface area contributed by atoms with Crippen LogP contribution in [0.5, 0.6) is 0 Å². The summed E-state index contributed by atoms with van der Waals surface area (Å²) in [5, 5.41) is 0. The second-order valence-corrected chi connectivity index (χ2v) is 4.91. The SMILES string of the molecule is Cc1cc(N2CCCCCCC2)ccc1C=O. The number of aryl methyl sites for hydroxylation is 1. The molecule has 1 aromatic carbocycles. The van der Waals surface area contributed by atoms with Crippen LogP contribution < -0.4 is 4.90 Å².